The molecule has 1 aliphatic heterocycles. The van der Waals surface area contributed by atoms with Crippen molar-refractivity contribution in [1.82, 2.24) is 9.58 Å². The molecular weight excluding hydrogens is 198 g/mol. The van der Waals surface area contributed by atoms with Crippen LogP contribution in [0.25, 0.3) is 0 Å². The van der Waals surface area contributed by atoms with Gasteiger partial charge in [0.1, 0.15) is 0 Å². The van der Waals surface area contributed by atoms with Crippen molar-refractivity contribution in [2.75, 3.05) is 25.1 Å². The number of nitrogens with zero attached hydrogens (tertiary/aromatic N) is 2. The van der Waals surface area contributed by atoms with E-state index in [0.717, 1.165) is 5.92 Å². The van der Waals surface area contributed by atoms with Crippen LogP contribution in [-0.4, -0.2) is 35.3 Å². The molecule has 1 aromatic heterocycles. The summed E-state index contributed by atoms with van der Waals surface area (Å²) in [5.74, 6) is 0.774. The van der Waals surface area contributed by atoms with Gasteiger partial charge < -0.3 is 10.3 Å². The van der Waals surface area contributed by atoms with E-state index in [1.54, 1.807) is 0 Å². The van der Waals surface area contributed by atoms with E-state index in [1.807, 2.05) is 0 Å². The van der Waals surface area contributed by atoms with E-state index in [0.29, 0.717) is 6.04 Å². The number of hydrogen-bond donors (Lipinski definition) is 1. The number of likely N-dealkylation sites (tertiary alicyclic amines) is 1. The van der Waals surface area contributed by atoms with Crippen LogP contribution in [0, 0.1) is 5.92 Å². The number of rotatable bonds is 4. The van der Waals surface area contributed by atoms with Crippen molar-refractivity contribution in [3.63, 3.8) is 0 Å². The van der Waals surface area contributed by atoms with Gasteiger partial charge in [0.25, 0.3) is 0 Å². The molecule has 1 saturated heterocycles. The molecule has 2 unspecified atom stereocenters. The smallest absolute Gasteiger partial charge is 0.0436 e. The van der Waals surface area contributed by atoms with Gasteiger partial charge in [-0.25, -0.2) is 0 Å². The van der Waals surface area contributed by atoms with Gasteiger partial charge in [0.15, 0.2) is 0 Å². The topological polar surface area (TPSA) is 20.2 Å². The van der Waals surface area contributed by atoms with Crippen molar-refractivity contribution in [1.29, 1.82) is 0 Å². The van der Waals surface area contributed by atoms with Crippen molar-refractivity contribution >= 4 is 0 Å². The fourth-order valence-corrected chi connectivity index (χ4v) is 2.55. The maximum Gasteiger partial charge on any atom is 0.0436 e. The Morgan fingerprint density at radius 1 is 1.38 bits per heavy atom. The summed E-state index contributed by atoms with van der Waals surface area (Å²) in [6.07, 6.45) is 6.83. The van der Waals surface area contributed by atoms with Crippen molar-refractivity contribution in [2.45, 2.75) is 32.7 Å². The molecule has 3 nitrogen and oxygen atoms in total. The van der Waals surface area contributed by atoms with Gasteiger partial charge >= 0.3 is 0 Å². The lowest BCUT2D eigenvalue weighted by atomic mass is 9.92. The molecule has 1 aromatic rings. The van der Waals surface area contributed by atoms with Gasteiger partial charge in [-0.3, -0.25) is 4.68 Å². The van der Waals surface area contributed by atoms with Crippen molar-refractivity contribution in [2.24, 2.45) is 5.92 Å². The quantitative estimate of drug-likeness (QED) is 0.840. The van der Waals surface area contributed by atoms with E-state index in [-0.39, 0.29) is 0 Å². The molecule has 0 aromatic carbocycles. The van der Waals surface area contributed by atoms with Crippen LogP contribution < -0.4 is 5.43 Å². The number of aromatic nitrogens is 1. The van der Waals surface area contributed by atoms with Gasteiger partial charge in [0, 0.05) is 25.0 Å². The number of piperidine rings is 1. The van der Waals surface area contributed by atoms with Crippen LogP contribution >= 0.6 is 0 Å². The fourth-order valence-electron chi connectivity index (χ4n) is 2.55. The van der Waals surface area contributed by atoms with Gasteiger partial charge in [0.05, 0.1) is 0 Å². The minimum Gasteiger partial charge on any atom is -0.323 e. The molecule has 0 amide bonds. The SMILES string of the molecule is CCN1CCCC(C(C)Nn2cccc2)C1. The lowest BCUT2D eigenvalue weighted by Crippen LogP contribution is -2.43. The van der Waals surface area contributed by atoms with Crippen LogP contribution in [0.1, 0.15) is 26.7 Å². The molecule has 0 radical (unpaired) electrons. The van der Waals surface area contributed by atoms with Gasteiger partial charge in [-0.1, -0.05) is 6.92 Å². The normalized spacial score (nSPS) is 24.2. The highest BCUT2D eigenvalue weighted by Crippen LogP contribution is 2.19. The molecule has 1 aliphatic rings. The van der Waals surface area contributed by atoms with Crippen LogP contribution in [0.5, 0.6) is 0 Å². The number of nitrogens with one attached hydrogen (secondary N) is 1. The Kier molecular flexibility index (Phi) is 3.88. The van der Waals surface area contributed by atoms with E-state index in [1.165, 1.54) is 32.5 Å². The molecule has 0 saturated carbocycles. The second-order valence-electron chi connectivity index (χ2n) is 4.80. The van der Waals surface area contributed by atoms with Gasteiger partial charge in [-0.2, -0.15) is 0 Å². The first-order chi connectivity index (χ1) is 7.79. The third-order valence-corrected chi connectivity index (χ3v) is 3.65. The Morgan fingerprint density at radius 2 is 2.12 bits per heavy atom. The lowest BCUT2D eigenvalue weighted by Gasteiger charge is -2.35. The van der Waals surface area contributed by atoms with Crippen LogP contribution in [0.4, 0.5) is 0 Å². The van der Waals surface area contributed by atoms with Crippen LogP contribution in [0.3, 0.4) is 0 Å². The summed E-state index contributed by atoms with van der Waals surface area (Å²) < 4.78 is 2.07. The molecule has 90 valence electrons. The first-order valence-corrected chi connectivity index (χ1v) is 6.41. The maximum atomic E-state index is 3.53. The zero-order chi connectivity index (χ0) is 11.4. The zero-order valence-corrected chi connectivity index (χ0v) is 10.4. The minimum absolute atomic E-state index is 0.543. The highest BCUT2D eigenvalue weighted by molar-refractivity contribution is 4.96. The highest BCUT2D eigenvalue weighted by Gasteiger charge is 2.23. The highest BCUT2D eigenvalue weighted by atomic mass is 15.4. The van der Waals surface area contributed by atoms with E-state index in [4.69, 9.17) is 0 Å². The molecule has 0 spiro atoms. The first kappa shape index (κ1) is 11.5. The standard InChI is InChI=1S/C13H23N3/c1-3-15-8-6-7-13(11-15)12(2)14-16-9-4-5-10-16/h4-5,9-10,12-14H,3,6-8,11H2,1-2H3. The Labute approximate surface area is 98.4 Å². The summed E-state index contributed by atoms with van der Waals surface area (Å²) in [4.78, 5) is 2.56. The molecule has 1 N–H and O–H groups in total. The van der Waals surface area contributed by atoms with E-state index in [2.05, 4.69) is 53.4 Å². The second-order valence-corrected chi connectivity index (χ2v) is 4.80. The number of hydrogen-bond acceptors (Lipinski definition) is 2. The molecule has 2 atom stereocenters. The summed E-state index contributed by atoms with van der Waals surface area (Å²) >= 11 is 0. The van der Waals surface area contributed by atoms with Crippen LogP contribution in [0.15, 0.2) is 24.5 Å². The molecule has 2 rings (SSSR count). The Balaban J connectivity index is 1.86. The van der Waals surface area contributed by atoms with Crippen LogP contribution in [0.2, 0.25) is 0 Å². The Bertz CT molecular complexity index is 294. The van der Waals surface area contributed by atoms with Crippen molar-refractivity contribution in [3.8, 4) is 0 Å². The molecule has 3 heteroatoms. The average Bonchev–Trinajstić information content (AvgIpc) is 2.82. The summed E-state index contributed by atoms with van der Waals surface area (Å²) in [7, 11) is 0. The largest absolute Gasteiger partial charge is 0.323 e. The van der Waals surface area contributed by atoms with E-state index >= 15 is 0 Å². The third-order valence-electron chi connectivity index (χ3n) is 3.65. The summed E-state index contributed by atoms with van der Waals surface area (Å²) in [6.45, 7) is 8.26. The molecule has 0 bridgehead atoms. The molecular formula is C13H23N3. The maximum absolute atomic E-state index is 3.53. The Hall–Kier alpha value is -0.960. The van der Waals surface area contributed by atoms with Gasteiger partial charge in [-0.15, -0.1) is 0 Å². The van der Waals surface area contributed by atoms with Gasteiger partial charge in [-0.05, 0) is 50.9 Å². The summed E-state index contributed by atoms with van der Waals surface area (Å²) in [6, 6.07) is 4.65. The zero-order valence-electron chi connectivity index (χ0n) is 10.4. The summed E-state index contributed by atoms with van der Waals surface area (Å²) in [5, 5.41) is 0. The van der Waals surface area contributed by atoms with Gasteiger partial charge in [0.2, 0.25) is 0 Å². The predicted octanol–water partition coefficient (Wildman–Crippen LogP) is 2.15. The van der Waals surface area contributed by atoms with Crippen molar-refractivity contribution < 1.29 is 0 Å². The summed E-state index contributed by atoms with van der Waals surface area (Å²) in [5.41, 5.74) is 3.53. The lowest BCUT2D eigenvalue weighted by molar-refractivity contribution is 0.169. The van der Waals surface area contributed by atoms with Crippen LogP contribution in [-0.2, 0) is 0 Å². The monoisotopic (exact) mass is 221 g/mol. The molecule has 16 heavy (non-hydrogen) atoms. The molecule has 2 heterocycles. The third kappa shape index (κ3) is 2.79. The molecule has 0 aliphatic carbocycles. The predicted molar refractivity (Wildman–Crippen MR) is 68.1 cm³/mol. The molecule has 1 fully saturated rings. The van der Waals surface area contributed by atoms with E-state index in [9.17, 15) is 0 Å². The van der Waals surface area contributed by atoms with E-state index < -0.39 is 0 Å². The fraction of sp³-hybridized carbons (Fsp3) is 0.692. The minimum atomic E-state index is 0.543. The Morgan fingerprint density at radius 3 is 2.81 bits per heavy atom. The first-order valence-electron chi connectivity index (χ1n) is 6.41. The average molecular weight is 221 g/mol. The second kappa shape index (κ2) is 5.39. The van der Waals surface area contributed by atoms with Crippen molar-refractivity contribution in [3.05, 3.63) is 24.5 Å².